The number of benzene rings is 5. The van der Waals surface area contributed by atoms with Crippen molar-refractivity contribution in [1.82, 2.24) is 0 Å². The molecule has 5 aromatic carbocycles. The fourth-order valence-corrected chi connectivity index (χ4v) is 20.6. The third-order valence-electron chi connectivity index (χ3n) is 27.9. The smallest absolute Gasteiger partial charge is 0.132 e. The van der Waals surface area contributed by atoms with Crippen LogP contribution in [0.25, 0.3) is 27.9 Å². The van der Waals surface area contributed by atoms with Gasteiger partial charge in [-0.3, -0.25) is 0 Å². The molecule has 690 valence electrons. The van der Waals surface area contributed by atoms with Crippen LogP contribution in [0.15, 0.2) is 88.5 Å². The van der Waals surface area contributed by atoms with Gasteiger partial charge in [-0.25, -0.2) is 0 Å². The van der Waals surface area contributed by atoms with Crippen molar-refractivity contribution in [3.8, 4) is 57.5 Å². The second kappa shape index (κ2) is 37.8. The molecular formula is C105H150O20. The van der Waals surface area contributed by atoms with Crippen molar-refractivity contribution in [2.45, 2.75) is 412 Å². The van der Waals surface area contributed by atoms with Crippen molar-refractivity contribution in [3.63, 3.8) is 0 Å². The Bertz CT molecular complexity index is 4790. The van der Waals surface area contributed by atoms with Gasteiger partial charge in [0.05, 0.1) is 61.9 Å². The van der Waals surface area contributed by atoms with E-state index in [2.05, 4.69) is 54.5 Å². The highest BCUT2D eigenvalue weighted by atomic mass is 16.5. The number of rotatable bonds is 20. The number of ether oxygens (including phenoxy) is 6. The number of unbranched alkanes of at least 4 members (excludes halogenated alkanes) is 8. The summed E-state index contributed by atoms with van der Waals surface area (Å²) in [5.41, 5.74) is 8.50. The molecule has 3 unspecified atom stereocenters. The first-order valence-electron chi connectivity index (χ1n) is 46.8. The Morgan fingerprint density at radius 2 is 0.560 bits per heavy atom. The van der Waals surface area contributed by atoms with Crippen LogP contribution >= 0.6 is 0 Å². The lowest BCUT2D eigenvalue weighted by Gasteiger charge is -2.47. The lowest BCUT2D eigenvalue weighted by atomic mass is 9.70. The number of hydrogen-bond acceptors (Lipinski definition) is 20. The van der Waals surface area contributed by atoms with Crippen LogP contribution in [0.1, 0.15) is 349 Å². The topological polar surface area (TPSA) is 339 Å². The number of fused-ring (bicyclic) bond motifs is 10. The van der Waals surface area contributed by atoms with Crippen LogP contribution in [0.4, 0.5) is 0 Å². The van der Waals surface area contributed by atoms with Gasteiger partial charge >= 0.3 is 0 Å². The van der Waals surface area contributed by atoms with Gasteiger partial charge in [-0.1, -0.05) is 92.4 Å². The SMILES string of the molecule is CCCCCc1cc(O)c2c(c1)OC(C)(C)C1=C2CC(C)(O)C(O)C1.CCCCCc1cc(O)c2c(c1)OC(C)(C)C1=C2[C@@H](OCC)[C@](C)(O)CC1.CCCCCc1cc(O)c2c(c1)OC(C)(C)C1=C2[C@H](O)C(C)(O)CC1.CCCCCc1cc(O)c2c(c1)OC(C)(C)C1=C2[C@H](O)[C@](C)(O)CC1.CCCc1cc(O)c2c(c1)OC(C)(C)C1=C2[C@@H](O)[C@](C)(O)CC1. The minimum Gasteiger partial charge on any atom is -0.507 e. The first-order valence-corrected chi connectivity index (χ1v) is 46.8. The quantitative estimate of drug-likeness (QED) is 0.0322. The molecule has 0 amide bonds. The van der Waals surface area contributed by atoms with Gasteiger partial charge in [0.25, 0.3) is 0 Å². The minimum absolute atomic E-state index is 0.116. The molecule has 10 aliphatic rings. The van der Waals surface area contributed by atoms with E-state index >= 15 is 0 Å². The summed E-state index contributed by atoms with van der Waals surface area (Å²) in [6.07, 6.45) is 20.1. The molecule has 5 aliphatic heterocycles. The summed E-state index contributed by atoms with van der Waals surface area (Å²) in [6, 6.07) is 18.9. The van der Waals surface area contributed by atoms with Gasteiger partial charge < -0.3 is 99.9 Å². The maximum atomic E-state index is 11.0. The maximum absolute atomic E-state index is 11.0. The van der Waals surface area contributed by atoms with E-state index in [4.69, 9.17) is 28.4 Å². The number of aliphatic hydroxyl groups is 9. The van der Waals surface area contributed by atoms with E-state index in [0.717, 1.165) is 170 Å². The Morgan fingerprint density at radius 3 is 0.848 bits per heavy atom. The fraction of sp³-hybridized carbons (Fsp3) is 0.619. The zero-order chi connectivity index (χ0) is 92.0. The Morgan fingerprint density at radius 1 is 0.304 bits per heavy atom. The summed E-state index contributed by atoms with van der Waals surface area (Å²) in [5, 5.41) is 149. The summed E-state index contributed by atoms with van der Waals surface area (Å²) in [6.45, 7) is 41.6. The van der Waals surface area contributed by atoms with E-state index in [1.54, 1.807) is 45.9 Å². The number of aliphatic hydroxyl groups excluding tert-OH is 4. The van der Waals surface area contributed by atoms with E-state index in [1.165, 1.54) is 19.3 Å². The van der Waals surface area contributed by atoms with Crippen LogP contribution < -0.4 is 23.7 Å². The van der Waals surface area contributed by atoms with Crippen LogP contribution in [0.2, 0.25) is 0 Å². The fourth-order valence-electron chi connectivity index (χ4n) is 20.6. The highest BCUT2D eigenvalue weighted by molar-refractivity contribution is 5.88. The van der Waals surface area contributed by atoms with Crippen LogP contribution in [0, 0.1) is 0 Å². The van der Waals surface area contributed by atoms with Gasteiger partial charge in [0.15, 0.2) is 0 Å². The van der Waals surface area contributed by atoms with E-state index in [9.17, 15) is 71.5 Å². The van der Waals surface area contributed by atoms with Crippen molar-refractivity contribution in [1.29, 1.82) is 0 Å². The lowest BCUT2D eigenvalue weighted by molar-refractivity contribution is -0.0786. The third kappa shape index (κ3) is 20.5. The van der Waals surface area contributed by atoms with Crippen molar-refractivity contribution >= 4 is 27.9 Å². The van der Waals surface area contributed by atoms with Gasteiger partial charge in [-0.05, 0) is 342 Å². The molecule has 0 saturated carbocycles. The third-order valence-corrected chi connectivity index (χ3v) is 27.9. The monoisotopic (exact) mass is 1730 g/mol. The molecule has 125 heavy (non-hydrogen) atoms. The summed E-state index contributed by atoms with van der Waals surface area (Å²) < 4.78 is 37.2. The Hall–Kier alpha value is -7.60. The predicted molar refractivity (Wildman–Crippen MR) is 494 cm³/mol. The second-order valence-electron chi connectivity index (χ2n) is 40.8. The molecule has 15 rings (SSSR count). The van der Waals surface area contributed by atoms with E-state index in [0.29, 0.717) is 138 Å². The summed E-state index contributed by atoms with van der Waals surface area (Å²) >= 11 is 0. The summed E-state index contributed by atoms with van der Waals surface area (Å²) in [7, 11) is 0. The molecule has 0 bridgehead atoms. The Balaban J connectivity index is 0.000000152. The first-order chi connectivity index (χ1) is 58.4. The molecule has 0 spiro atoms. The molecule has 0 radical (unpaired) electrons. The lowest BCUT2D eigenvalue weighted by Crippen LogP contribution is -2.49. The van der Waals surface area contributed by atoms with Crippen molar-refractivity contribution < 1.29 is 99.9 Å². The maximum Gasteiger partial charge on any atom is 0.132 e. The van der Waals surface area contributed by atoms with Gasteiger partial charge in [-0.2, -0.15) is 0 Å². The van der Waals surface area contributed by atoms with E-state index < -0.39 is 86.5 Å². The molecule has 5 heterocycles. The summed E-state index contributed by atoms with van der Waals surface area (Å²) in [5.74, 6) is 3.99. The van der Waals surface area contributed by atoms with Crippen LogP contribution in [-0.4, -0.2) is 165 Å². The van der Waals surface area contributed by atoms with E-state index in [1.807, 2.05) is 106 Å². The molecule has 20 nitrogen and oxygen atoms in total. The van der Waals surface area contributed by atoms with Crippen LogP contribution in [0.3, 0.4) is 0 Å². The van der Waals surface area contributed by atoms with Gasteiger partial charge in [0.1, 0.15) is 110 Å². The number of aromatic hydroxyl groups is 5. The standard InChI is InChI=1S/C23H34O4.3C21H30O4.C19H26O4/c1-6-8-9-10-15-13-17(24)20-18(14-15)27-22(3,4)16-11-12-23(5,25)21(19(16)20)26-7-2;1-5-6-7-8-13-9-16(22)19-14-12-21(4,24)18(23)11-15(14)20(2,3)25-17(19)10-13;2*1-5-6-7-8-13-11-15(22)18-16(12-13)25-20(2,3)14-9-10-21(4,24)19(23)17(14)18;1-5-6-11-9-13(20)16-14(10-11)23-18(2,3)12-7-8-19(4,22)17(21)15(12)16/h13-14,21,24-25H,6-12H2,1-5H3;9-10,18,22-24H,5-8,11-12H2,1-4H3;2*11-12,19,22-24H,5-10H2,1-4H3;9-10,17,20-22H,5-8H2,1-4H3/t21-,23-;;19-,21?;19-,21+;17-,19-/m1.001/s1. The Labute approximate surface area is 743 Å². The highest BCUT2D eigenvalue weighted by Crippen LogP contribution is 2.59. The van der Waals surface area contributed by atoms with Gasteiger partial charge in [0, 0.05) is 41.7 Å². The Kier molecular flexibility index (Phi) is 29.7. The molecule has 0 aromatic heterocycles. The molecule has 10 atom stereocenters. The number of aryl methyl sites for hydroxylation is 5. The number of phenols is 5. The normalized spacial score (nSPS) is 27.5. The van der Waals surface area contributed by atoms with Gasteiger partial charge in [0.2, 0.25) is 0 Å². The average molecular weight is 1730 g/mol. The van der Waals surface area contributed by atoms with Crippen LogP contribution in [-0.2, 0) is 36.8 Å². The molecule has 5 aromatic rings. The zero-order valence-corrected chi connectivity index (χ0v) is 78.9. The number of phenolic OH excluding ortho intramolecular Hbond substituents is 5. The summed E-state index contributed by atoms with van der Waals surface area (Å²) in [4.78, 5) is 0. The molecule has 20 heteroatoms. The molecule has 0 saturated heterocycles. The highest BCUT2D eigenvalue weighted by Gasteiger charge is 2.54. The van der Waals surface area contributed by atoms with E-state index in [-0.39, 0.29) is 28.7 Å². The predicted octanol–water partition coefficient (Wildman–Crippen LogP) is 20.0. The zero-order valence-electron chi connectivity index (χ0n) is 78.9. The molecule has 5 aliphatic carbocycles. The molecule has 14 N–H and O–H groups in total. The largest absolute Gasteiger partial charge is 0.507 e. The average Bonchev–Trinajstić information content (AvgIpc) is 0.737. The molecular weight excluding hydrogens is 1580 g/mol. The van der Waals surface area contributed by atoms with Crippen molar-refractivity contribution in [3.05, 3.63) is 144 Å². The first kappa shape index (κ1) is 98.0. The second-order valence-corrected chi connectivity index (χ2v) is 40.8. The van der Waals surface area contributed by atoms with Gasteiger partial charge in [-0.15, -0.1) is 0 Å². The minimum atomic E-state index is -1.20. The van der Waals surface area contributed by atoms with Crippen molar-refractivity contribution in [2.75, 3.05) is 6.61 Å². The molecule has 0 fully saturated rings. The van der Waals surface area contributed by atoms with Crippen LogP contribution in [0.5, 0.6) is 57.5 Å². The number of hydrogen-bond donors (Lipinski definition) is 14. The van der Waals surface area contributed by atoms with Crippen molar-refractivity contribution in [2.24, 2.45) is 0 Å².